The molecule has 1 saturated carbocycles. The predicted molar refractivity (Wildman–Crippen MR) is 111 cm³/mol. The molecule has 1 aliphatic rings. The Balaban J connectivity index is 1.72. The van der Waals surface area contributed by atoms with Gasteiger partial charge in [0.05, 0.1) is 5.25 Å². The molecular formula is C20H27ClN4OS. The first kappa shape index (κ1) is 20.2. The van der Waals surface area contributed by atoms with Crippen molar-refractivity contribution in [3.8, 4) is 11.4 Å². The highest BCUT2D eigenvalue weighted by Gasteiger charge is 2.27. The summed E-state index contributed by atoms with van der Waals surface area (Å²) in [7, 11) is 1.94. The van der Waals surface area contributed by atoms with Gasteiger partial charge in [-0.1, -0.05) is 42.6 Å². The predicted octanol–water partition coefficient (Wildman–Crippen LogP) is 4.89. The molecule has 0 radical (unpaired) electrons. The zero-order valence-electron chi connectivity index (χ0n) is 16.2. The standard InChI is InChI=1S/C20H27ClN4OS/c1-4-25-18(15-10-12-16(21)13-11-15)22-23-20(25)27-14(2)19(26)24(3)17-8-6-5-7-9-17/h10-14,17H,4-9H2,1-3H3. The van der Waals surface area contributed by atoms with E-state index >= 15 is 0 Å². The van der Waals surface area contributed by atoms with Crippen molar-refractivity contribution in [3.63, 3.8) is 0 Å². The second-order valence-corrected chi connectivity index (χ2v) is 8.80. The smallest absolute Gasteiger partial charge is 0.235 e. The number of nitrogens with zero attached hydrogens (tertiary/aromatic N) is 4. The van der Waals surface area contributed by atoms with Crippen LogP contribution < -0.4 is 0 Å². The van der Waals surface area contributed by atoms with Gasteiger partial charge >= 0.3 is 0 Å². The molecule has 7 heteroatoms. The molecule has 1 aromatic heterocycles. The van der Waals surface area contributed by atoms with E-state index in [2.05, 4.69) is 21.7 Å². The average Bonchev–Trinajstić information content (AvgIpc) is 3.10. The first-order valence-corrected chi connectivity index (χ1v) is 10.9. The second kappa shape index (κ2) is 9.11. The largest absolute Gasteiger partial charge is 0.342 e. The van der Waals surface area contributed by atoms with Gasteiger partial charge in [-0.05, 0) is 51.0 Å². The van der Waals surface area contributed by atoms with Crippen LogP contribution in [0.3, 0.4) is 0 Å². The Labute approximate surface area is 170 Å². The van der Waals surface area contributed by atoms with E-state index in [1.54, 1.807) is 0 Å². The summed E-state index contributed by atoms with van der Waals surface area (Å²) in [4.78, 5) is 14.8. The molecule has 0 spiro atoms. The molecule has 1 unspecified atom stereocenters. The number of halogens is 1. The van der Waals surface area contributed by atoms with Crippen LogP contribution in [0.1, 0.15) is 46.0 Å². The Hall–Kier alpha value is -1.53. The van der Waals surface area contributed by atoms with Gasteiger partial charge in [0, 0.05) is 30.2 Å². The molecule has 0 aliphatic heterocycles. The van der Waals surface area contributed by atoms with Crippen LogP contribution in [0.4, 0.5) is 0 Å². The minimum Gasteiger partial charge on any atom is -0.342 e. The maximum Gasteiger partial charge on any atom is 0.235 e. The van der Waals surface area contributed by atoms with Crippen LogP contribution in [0.2, 0.25) is 5.02 Å². The molecule has 0 saturated heterocycles. The van der Waals surface area contributed by atoms with Crippen molar-refractivity contribution >= 4 is 29.3 Å². The molecule has 1 amide bonds. The first-order valence-electron chi connectivity index (χ1n) is 9.63. The van der Waals surface area contributed by atoms with E-state index in [9.17, 15) is 4.79 Å². The van der Waals surface area contributed by atoms with Crippen LogP contribution in [-0.2, 0) is 11.3 Å². The number of amides is 1. The molecule has 3 rings (SSSR count). The van der Waals surface area contributed by atoms with E-state index in [1.165, 1.54) is 31.0 Å². The van der Waals surface area contributed by atoms with Crippen molar-refractivity contribution in [1.29, 1.82) is 0 Å². The number of hydrogen-bond acceptors (Lipinski definition) is 4. The van der Waals surface area contributed by atoms with Crippen LogP contribution in [0.5, 0.6) is 0 Å². The SMILES string of the molecule is CCn1c(SC(C)C(=O)N(C)C2CCCCC2)nnc1-c1ccc(Cl)cc1. The van der Waals surface area contributed by atoms with Crippen molar-refractivity contribution < 1.29 is 4.79 Å². The second-order valence-electron chi connectivity index (χ2n) is 7.06. The van der Waals surface area contributed by atoms with Crippen LogP contribution in [-0.4, -0.2) is 43.9 Å². The van der Waals surface area contributed by atoms with Crippen molar-refractivity contribution in [2.75, 3.05) is 7.05 Å². The molecule has 146 valence electrons. The van der Waals surface area contributed by atoms with Crippen molar-refractivity contribution in [1.82, 2.24) is 19.7 Å². The van der Waals surface area contributed by atoms with Gasteiger partial charge in [0.2, 0.25) is 5.91 Å². The molecular weight excluding hydrogens is 380 g/mol. The Morgan fingerprint density at radius 1 is 1.26 bits per heavy atom. The topological polar surface area (TPSA) is 51.0 Å². The third kappa shape index (κ3) is 4.66. The number of benzene rings is 1. The van der Waals surface area contributed by atoms with E-state index in [1.807, 2.05) is 43.1 Å². The third-order valence-electron chi connectivity index (χ3n) is 5.24. The molecule has 1 fully saturated rings. The van der Waals surface area contributed by atoms with Crippen molar-refractivity contribution in [2.45, 2.75) is 68.9 Å². The molecule has 5 nitrogen and oxygen atoms in total. The highest BCUT2D eigenvalue weighted by Crippen LogP contribution is 2.29. The normalized spacial score (nSPS) is 16.3. The summed E-state index contributed by atoms with van der Waals surface area (Å²) in [5, 5.41) is 9.99. The van der Waals surface area contributed by atoms with Gasteiger partial charge in [-0.3, -0.25) is 4.79 Å². The summed E-state index contributed by atoms with van der Waals surface area (Å²) in [6, 6.07) is 7.97. The lowest BCUT2D eigenvalue weighted by Gasteiger charge is -2.32. The van der Waals surface area contributed by atoms with Crippen LogP contribution in [0.15, 0.2) is 29.4 Å². The molecule has 0 bridgehead atoms. The van der Waals surface area contributed by atoms with E-state index in [0.717, 1.165) is 35.9 Å². The molecule has 1 aromatic carbocycles. The maximum atomic E-state index is 12.9. The first-order chi connectivity index (χ1) is 13.0. The van der Waals surface area contributed by atoms with Gasteiger partial charge in [0.15, 0.2) is 11.0 Å². The molecule has 0 N–H and O–H groups in total. The monoisotopic (exact) mass is 406 g/mol. The van der Waals surface area contributed by atoms with Crippen molar-refractivity contribution in [2.24, 2.45) is 0 Å². The quantitative estimate of drug-likeness (QED) is 0.641. The Kier molecular flexibility index (Phi) is 6.82. The summed E-state index contributed by atoms with van der Waals surface area (Å²) in [6.45, 7) is 4.77. The zero-order valence-corrected chi connectivity index (χ0v) is 17.8. The van der Waals surface area contributed by atoms with Crippen LogP contribution in [0, 0.1) is 0 Å². The van der Waals surface area contributed by atoms with Gasteiger partial charge in [-0.2, -0.15) is 0 Å². The summed E-state index contributed by atoms with van der Waals surface area (Å²) >= 11 is 7.47. The van der Waals surface area contributed by atoms with Gasteiger partial charge in [-0.15, -0.1) is 10.2 Å². The van der Waals surface area contributed by atoms with E-state index in [0.29, 0.717) is 11.1 Å². The summed E-state index contributed by atoms with van der Waals surface area (Å²) in [5.74, 6) is 0.975. The lowest BCUT2D eigenvalue weighted by Crippen LogP contribution is -2.42. The minimum absolute atomic E-state index is 0.172. The van der Waals surface area contributed by atoms with Gasteiger partial charge in [0.25, 0.3) is 0 Å². The van der Waals surface area contributed by atoms with E-state index in [4.69, 9.17) is 11.6 Å². The summed E-state index contributed by atoms with van der Waals surface area (Å²) < 4.78 is 2.05. The summed E-state index contributed by atoms with van der Waals surface area (Å²) in [6.07, 6.45) is 5.96. The number of hydrogen-bond donors (Lipinski definition) is 0. The fourth-order valence-corrected chi connectivity index (χ4v) is 4.76. The van der Waals surface area contributed by atoms with Gasteiger partial charge in [0.1, 0.15) is 0 Å². The molecule has 27 heavy (non-hydrogen) atoms. The van der Waals surface area contributed by atoms with Crippen LogP contribution >= 0.6 is 23.4 Å². The Morgan fingerprint density at radius 2 is 1.93 bits per heavy atom. The zero-order chi connectivity index (χ0) is 19.4. The molecule has 1 aliphatic carbocycles. The van der Waals surface area contributed by atoms with Crippen molar-refractivity contribution in [3.05, 3.63) is 29.3 Å². The highest BCUT2D eigenvalue weighted by molar-refractivity contribution is 8.00. The fourth-order valence-electron chi connectivity index (χ4n) is 3.62. The lowest BCUT2D eigenvalue weighted by molar-refractivity contribution is -0.131. The minimum atomic E-state index is -0.190. The van der Waals surface area contributed by atoms with Crippen LogP contribution in [0.25, 0.3) is 11.4 Å². The van der Waals surface area contributed by atoms with Gasteiger partial charge in [-0.25, -0.2) is 0 Å². The summed E-state index contributed by atoms with van der Waals surface area (Å²) in [5.41, 5.74) is 0.971. The number of aromatic nitrogens is 3. The number of carbonyl (C=O) groups excluding carboxylic acids is 1. The lowest BCUT2D eigenvalue weighted by atomic mass is 9.94. The third-order valence-corrected chi connectivity index (χ3v) is 6.56. The number of thioether (sulfide) groups is 1. The van der Waals surface area contributed by atoms with E-state index < -0.39 is 0 Å². The Morgan fingerprint density at radius 3 is 2.56 bits per heavy atom. The highest BCUT2D eigenvalue weighted by atomic mass is 35.5. The maximum absolute atomic E-state index is 12.9. The fraction of sp³-hybridized carbons (Fsp3) is 0.550. The Bertz CT molecular complexity index is 771. The molecule has 2 aromatic rings. The number of carbonyl (C=O) groups is 1. The van der Waals surface area contributed by atoms with E-state index in [-0.39, 0.29) is 11.2 Å². The van der Waals surface area contributed by atoms with Gasteiger partial charge < -0.3 is 9.47 Å². The number of rotatable bonds is 6. The average molecular weight is 407 g/mol. The molecule has 1 heterocycles. The molecule has 1 atom stereocenters.